The number of halogens is 1. The van der Waals surface area contributed by atoms with Gasteiger partial charge in [-0.3, -0.25) is 4.79 Å². The minimum absolute atomic E-state index is 0.0459. The fourth-order valence-corrected chi connectivity index (χ4v) is 2.40. The van der Waals surface area contributed by atoms with Gasteiger partial charge in [0.2, 0.25) is 0 Å². The van der Waals surface area contributed by atoms with E-state index in [1.54, 1.807) is 12.1 Å². The van der Waals surface area contributed by atoms with Crippen LogP contribution in [0.15, 0.2) is 46.9 Å². The standard InChI is InChI=1S/C17H18BrNO/c1-17(2,3)12-6-4-11(5-7-12)16(20)14-9-8-13(18)10-15(14)19/h4-10H,19H2,1-3H3. The zero-order valence-corrected chi connectivity index (χ0v) is 13.5. The zero-order valence-electron chi connectivity index (χ0n) is 11.9. The van der Waals surface area contributed by atoms with Crippen molar-refractivity contribution in [2.75, 3.05) is 5.73 Å². The Kier molecular flexibility index (Phi) is 4.00. The third-order valence-electron chi connectivity index (χ3n) is 3.27. The minimum atomic E-state index is -0.0459. The number of nitrogens with two attached hydrogens (primary N) is 1. The molecule has 2 aromatic rings. The third kappa shape index (κ3) is 3.10. The summed E-state index contributed by atoms with van der Waals surface area (Å²) in [7, 11) is 0. The van der Waals surface area contributed by atoms with Gasteiger partial charge in [-0.15, -0.1) is 0 Å². The van der Waals surface area contributed by atoms with Crippen LogP contribution in [0.1, 0.15) is 42.3 Å². The second-order valence-electron chi connectivity index (χ2n) is 5.89. The first-order chi connectivity index (χ1) is 9.29. The predicted molar refractivity (Wildman–Crippen MR) is 87.1 cm³/mol. The van der Waals surface area contributed by atoms with Crippen LogP contribution >= 0.6 is 15.9 Å². The highest BCUT2D eigenvalue weighted by molar-refractivity contribution is 9.10. The van der Waals surface area contributed by atoms with Crippen LogP contribution in [0.4, 0.5) is 5.69 Å². The molecular formula is C17H18BrNO. The summed E-state index contributed by atoms with van der Waals surface area (Å²) in [5.41, 5.74) is 8.88. The molecule has 0 bridgehead atoms. The summed E-state index contributed by atoms with van der Waals surface area (Å²) in [5, 5.41) is 0. The molecule has 0 aromatic heterocycles. The maximum Gasteiger partial charge on any atom is 0.195 e. The molecule has 2 rings (SSSR count). The average Bonchev–Trinajstić information content (AvgIpc) is 2.37. The SMILES string of the molecule is CC(C)(C)c1ccc(C(=O)c2ccc(Br)cc2N)cc1. The number of hydrogen-bond acceptors (Lipinski definition) is 2. The number of anilines is 1. The lowest BCUT2D eigenvalue weighted by Crippen LogP contribution is -2.11. The molecule has 0 heterocycles. The molecule has 0 aliphatic rings. The Morgan fingerprint density at radius 1 is 1.05 bits per heavy atom. The number of nitrogen functional groups attached to an aromatic ring is 1. The molecule has 0 aliphatic heterocycles. The van der Waals surface area contributed by atoms with Crippen molar-refractivity contribution in [3.63, 3.8) is 0 Å². The molecule has 0 fully saturated rings. The van der Waals surface area contributed by atoms with Crippen LogP contribution in [0.2, 0.25) is 0 Å². The van der Waals surface area contributed by atoms with E-state index in [2.05, 4.69) is 36.7 Å². The number of carbonyl (C=O) groups excluding carboxylic acids is 1. The Hall–Kier alpha value is -1.61. The Bertz CT molecular complexity index is 639. The molecule has 3 heteroatoms. The first kappa shape index (κ1) is 14.8. The van der Waals surface area contributed by atoms with Crippen molar-refractivity contribution >= 4 is 27.4 Å². The molecular weight excluding hydrogens is 314 g/mol. The van der Waals surface area contributed by atoms with Crippen LogP contribution in [0.25, 0.3) is 0 Å². The Balaban J connectivity index is 2.34. The van der Waals surface area contributed by atoms with Gasteiger partial charge >= 0.3 is 0 Å². The van der Waals surface area contributed by atoms with Gasteiger partial charge in [0.15, 0.2) is 5.78 Å². The fourth-order valence-electron chi connectivity index (χ4n) is 2.02. The maximum absolute atomic E-state index is 12.4. The summed E-state index contributed by atoms with van der Waals surface area (Å²) >= 11 is 3.34. The van der Waals surface area contributed by atoms with E-state index in [0.29, 0.717) is 16.8 Å². The molecule has 0 atom stereocenters. The van der Waals surface area contributed by atoms with Gasteiger partial charge in [0.25, 0.3) is 0 Å². The second-order valence-corrected chi connectivity index (χ2v) is 6.80. The van der Waals surface area contributed by atoms with E-state index in [-0.39, 0.29) is 11.2 Å². The topological polar surface area (TPSA) is 43.1 Å². The predicted octanol–water partition coefficient (Wildman–Crippen LogP) is 4.56. The number of carbonyl (C=O) groups is 1. The van der Waals surface area contributed by atoms with Gasteiger partial charge in [-0.05, 0) is 29.2 Å². The molecule has 0 radical (unpaired) electrons. The van der Waals surface area contributed by atoms with Crippen LogP contribution in [0.3, 0.4) is 0 Å². The molecule has 0 saturated heterocycles. The van der Waals surface area contributed by atoms with Gasteiger partial charge < -0.3 is 5.73 Å². The zero-order chi connectivity index (χ0) is 14.9. The number of ketones is 1. The second kappa shape index (κ2) is 5.41. The molecule has 0 saturated carbocycles. The molecule has 104 valence electrons. The van der Waals surface area contributed by atoms with E-state index in [1.807, 2.05) is 30.3 Å². The van der Waals surface area contributed by atoms with Crippen molar-refractivity contribution in [3.05, 3.63) is 63.6 Å². The van der Waals surface area contributed by atoms with Crippen molar-refractivity contribution in [1.82, 2.24) is 0 Å². The average molecular weight is 332 g/mol. The van der Waals surface area contributed by atoms with Gasteiger partial charge in [-0.1, -0.05) is 61.0 Å². The van der Waals surface area contributed by atoms with Gasteiger partial charge in [0, 0.05) is 21.3 Å². The lowest BCUT2D eigenvalue weighted by atomic mass is 9.86. The minimum Gasteiger partial charge on any atom is -0.398 e. The Labute approximate surface area is 128 Å². The van der Waals surface area contributed by atoms with E-state index in [4.69, 9.17) is 5.73 Å². The molecule has 2 N–H and O–H groups in total. The van der Waals surface area contributed by atoms with Crippen LogP contribution in [0, 0.1) is 0 Å². The van der Waals surface area contributed by atoms with Crippen LogP contribution in [0.5, 0.6) is 0 Å². The summed E-state index contributed by atoms with van der Waals surface area (Å²) in [6, 6.07) is 13.1. The number of hydrogen-bond donors (Lipinski definition) is 1. The lowest BCUT2D eigenvalue weighted by Gasteiger charge is -2.19. The van der Waals surface area contributed by atoms with Crippen LogP contribution in [-0.2, 0) is 5.41 Å². The summed E-state index contributed by atoms with van der Waals surface area (Å²) in [5.74, 6) is -0.0459. The quantitative estimate of drug-likeness (QED) is 0.647. The van der Waals surface area contributed by atoms with Gasteiger partial charge in [-0.25, -0.2) is 0 Å². The van der Waals surface area contributed by atoms with E-state index in [1.165, 1.54) is 5.56 Å². The van der Waals surface area contributed by atoms with Gasteiger partial charge in [0.1, 0.15) is 0 Å². The number of benzene rings is 2. The van der Waals surface area contributed by atoms with E-state index in [9.17, 15) is 4.79 Å². The monoisotopic (exact) mass is 331 g/mol. The molecule has 2 aromatic carbocycles. The van der Waals surface area contributed by atoms with E-state index < -0.39 is 0 Å². The Morgan fingerprint density at radius 3 is 2.15 bits per heavy atom. The van der Waals surface area contributed by atoms with Crippen molar-refractivity contribution in [3.8, 4) is 0 Å². The molecule has 0 unspecified atom stereocenters. The first-order valence-electron chi connectivity index (χ1n) is 6.49. The van der Waals surface area contributed by atoms with Crippen LogP contribution in [-0.4, -0.2) is 5.78 Å². The first-order valence-corrected chi connectivity index (χ1v) is 7.28. The fraction of sp³-hybridized carbons (Fsp3) is 0.235. The highest BCUT2D eigenvalue weighted by atomic mass is 79.9. The molecule has 0 amide bonds. The summed E-state index contributed by atoms with van der Waals surface area (Å²) in [4.78, 5) is 12.4. The summed E-state index contributed by atoms with van der Waals surface area (Å²) < 4.78 is 0.870. The lowest BCUT2D eigenvalue weighted by molar-refractivity contribution is 0.103. The normalized spacial score (nSPS) is 11.4. The summed E-state index contributed by atoms with van der Waals surface area (Å²) in [6.07, 6.45) is 0. The highest BCUT2D eigenvalue weighted by Crippen LogP contribution is 2.25. The largest absolute Gasteiger partial charge is 0.398 e. The molecule has 2 nitrogen and oxygen atoms in total. The summed E-state index contributed by atoms with van der Waals surface area (Å²) in [6.45, 7) is 6.45. The highest BCUT2D eigenvalue weighted by Gasteiger charge is 2.16. The van der Waals surface area contributed by atoms with Crippen LogP contribution < -0.4 is 5.73 Å². The van der Waals surface area contributed by atoms with Gasteiger partial charge in [-0.2, -0.15) is 0 Å². The molecule has 0 spiro atoms. The van der Waals surface area contributed by atoms with Crippen molar-refractivity contribution in [2.24, 2.45) is 0 Å². The van der Waals surface area contributed by atoms with Crippen molar-refractivity contribution in [1.29, 1.82) is 0 Å². The van der Waals surface area contributed by atoms with E-state index >= 15 is 0 Å². The molecule has 0 aliphatic carbocycles. The molecule has 20 heavy (non-hydrogen) atoms. The number of rotatable bonds is 2. The Morgan fingerprint density at radius 2 is 1.65 bits per heavy atom. The van der Waals surface area contributed by atoms with Crippen molar-refractivity contribution in [2.45, 2.75) is 26.2 Å². The van der Waals surface area contributed by atoms with Gasteiger partial charge in [0.05, 0.1) is 0 Å². The van der Waals surface area contributed by atoms with Crippen molar-refractivity contribution < 1.29 is 4.79 Å². The van der Waals surface area contributed by atoms with E-state index in [0.717, 1.165) is 4.47 Å². The third-order valence-corrected chi connectivity index (χ3v) is 3.76. The maximum atomic E-state index is 12.4. The smallest absolute Gasteiger partial charge is 0.195 e.